The maximum atomic E-state index is 5.27. The highest BCUT2D eigenvalue weighted by molar-refractivity contribution is 7.99. The molecule has 0 radical (unpaired) electrons. The molecule has 0 fully saturated rings. The highest BCUT2D eigenvalue weighted by Crippen LogP contribution is 2.50. The van der Waals surface area contributed by atoms with Gasteiger partial charge in [-0.3, -0.25) is 4.90 Å². The van der Waals surface area contributed by atoms with E-state index in [1.807, 2.05) is 0 Å². The minimum absolute atomic E-state index is 0.589. The predicted molar refractivity (Wildman–Crippen MR) is 200 cm³/mol. The summed E-state index contributed by atoms with van der Waals surface area (Å²) >= 11 is 1.77. The smallest absolute Gasteiger partial charge is 0.238 e. The Balaban J connectivity index is 1.27. The largest absolute Gasteiger partial charge is 0.277 e. The summed E-state index contributed by atoms with van der Waals surface area (Å²) in [5.74, 6) is 1.87. The molecular weight excluding hydrogens is 605 g/mol. The number of nitrogens with zero attached hydrogens (tertiary/aromatic N) is 4. The van der Waals surface area contributed by atoms with Gasteiger partial charge in [-0.05, 0) is 73.4 Å². The van der Waals surface area contributed by atoms with Crippen LogP contribution in [0.3, 0.4) is 0 Å². The van der Waals surface area contributed by atoms with Gasteiger partial charge in [0.05, 0.1) is 11.4 Å². The average Bonchev–Trinajstić information content (AvgIpc) is 3.16. The van der Waals surface area contributed by atoms with Crippen LogP contribution in [-0.2, 0) is 0 Å². The third-order valence-electron chi connectivity index (χ3n) is 9.29. The summed E-state index contributed by atoms with van der Waals surface area (Å²) in [6.45, 7) is 0. The molecule has 0 aliphatic carbocycles. The van der Waals surface area contributed by atoms with E-state index in [4.69, 9.17) is 15.0 Å². The van der Waals surface area contributed by atoms with Crippen molar-refractivity contribution in [3.8, 4) is 22.8 Å². The molecule has 8 aromatic carbocycles. The second kappa shape index (κ2) is 10.8. The molecule has 48 heavy (non-hydrogen) atoms. The molecule has 1 aromatic heterocycles. The van der Waals surface area contributed by atoms with Crippen LogP contribution < -0.4 is 4.90 Å². The molecule has 9 aromatic rings. The summed E-state index contributed by atoms with van der Waals surface area (Å²) < 4.78 is 0. The van der Waals surface area contributed by atoms with Gasteiger partial charge >= 0.3 is 0 Å². The SMILES string of the molecule is c1ccc2c(c1)Sc1ccccc1N2c1nc(-c2ccc3c4ccccc4c4ccccc4c3c2)nc(-c2cccc3ccccc23)n1. The fraction of sp³-hybridized carbons (Fsp3) is 0. The van der Waals surface area contributed by atoms with Crippen molar-refractivity contribution < 1.29 is 0 Å². The summed E-state index contributed by atoms with van der Waals surface area (Å²) in [5, 5.41) is 9.60. The number of para-hydroxylation sites is 2. The Morgan fingerprint density at radius 1 is 0.396 bits per heavy atom. The summed E-state index contributed by atoms with van der Waals surface area (Å²) in [6, 6.07) is 55.6. The molecule has 0 spiro atoms. The zero-order valence-electron chi connectivity index (χ0n) is 25.7. The van der Waals surface area contributed by atoms with Crippen molar-refractivity contribution in [3.63, 3.8) is 0 Å². The van der Waals surface area contributed by atoms with Gasteiger partial charge in [-0.25, -0.2) is 4.98 Å². The van der Waals surface area contributed by atoms with E-state index in [0.29, 0.717) is 17.6 Å². The van der Waals surface area contributed by atoms with E-state index in [1.165, 1.54) is 32.3 Å². The first-order chi connectivity index (χ1) is 23.8. The summed E-state index contributed by atoms with van der Waals surface area (Å²) in [4.78, 5) is 20.3. The van der Waals surface area contributed by atoms with Crippen molar-refractivity contribution in [2.45, 2.75) is 9.79 Å². The number of anilines is 3. The molecule has 0 N–H and O–H groups in total. The normalized spacial score (nSPS) is 12.5. The number of benzene rings is 8. The third kappa shape index (κ3) is 4.21. The topological polar surface area (TPSA) is 41.9 Å². The molecular formula is C43H26N4S. The Morgan fingerprint density at radius 3 is 1.60 bits per heavy atom. The molecule has 224 valence electrons. The zero-order chi connectivity index (χ0) is 31.6. The number of aromatic nitrogens is 3. The van der Waals surface area contributed by atoms with Crippen LogP contribution >= 0.6 is 11.8 Å². The first-order valence-electron chi connectivity index (χ1n) is 16.0. The van der Waals surface area contributed by atoms with Crippen LogP contribution in [0.25, 0.3) is 65.9 Å². The molecule has 1 aliphatic rings. The average molecular weight is 631 g/mol. The quantitative estimate of drug-likeness (QED) is 0.182. The number of rotatable bonds is 3. The van der Waals surface area contributed by atoms with Crippen molar-refractivity contribution in [1.82, 2.24) is 15.0 Å². The van der Waals surface area contributed by atoms with Gasteiger partial charge in [0.15, 0.2) is 11.6 Å². The summed E-state index contributed by atoms with van der Waals surface area (Å²) in [6.07, 6.45) is 0. The summed E-state index contributed by atoms with van der Waals surface area (Å²) in [7, 11) is 0. The second-order valence-corrected chi connectivity index (χ2v) is 13.1. The standard InChI is InChI=1S/C43H26N4S/c1-2-14-29-27(12-1)13-11-19-35(29)42-44-41(45-43(46-42)47-37-20-7-9-22-39(37)48-40-23-10-8-21-38(40)47)28-24-25-34-32-17-4-3-15-30(32)31-16-5-6-18-33(31)36(34)26-28/h1-26H. The van der Waals surface area contributed by atoms with Gasteiger partial charge in [-0.15, -0.1) is 0 Å². The van der Waals surface area contributed by atoms with Crippen molar-refractivity contribution in [1.29, 1.82) is 0 Å². The zero-order valence-corrected chi connectivity index (χ0v) is 26.5. The minimum atomic E-state index is 0.589. The Morgan fingerprint density at radius 2 is 0.917 bits per heavy atom. The van der Waals surface area contributed by atoms with E-state index in [2.05, 4.69) is 163 Å². The highest BCUT2D eigenvalue weighted by Gasteiger charge is 2.28. The van der Waals surface area contributed by atoms with Crippen LogP contribution in [0.4, 0.5) is 17.3 Å². The van der Waals surface area contributed by atoms with Gasteiger partial charge in [0.25, 0.3) is 0 Å². The van der Waals surface area contributed by atoms with E-state index in [9.17, 15) is 0 Å². The lowest BCUT2D eigenvalue weighted by molar-refractivity contribution is 1.00. The van der Waals surface area contributed by atoms with Crippen LogP contribution in [-0.4, -0.2) is 15.0 Å². The van der Waals surface area contributed by atoms with E-state index < -0.39 is 0 Å². The molecule has 4 nitrogen and oxygen atoms in total. The van der Waals surface area contributed by atoms with Gasteiger partial charge in [0.1, 0.15) is 0 Å². The summed E-state index contributed by atoms with van der Waals surface area (Å²) in [5.41, 5.74) is 4.03. The molecule has 0 bridgehead atoms. The first-order valence-corrected chi connectivity index (χ1v) is 16.9. The first kappa shape index (κ1) is 27.1. The molecule has 10 rings (SSSR count). The monoisotopic (exact) mass is 630 g/mol. The maximum absolute atomic E-state index is 5.27. The second-order valence-electron chi connectivity index (χ2n) is 12.0. The lowest BCUT2D eigenvalue weighted by atomic mass is 9.93. The Bertz CT molecular complexity index is 2650. The van der Waals surface area contributed by atoms with Gasteiger partial charge < -0.3 is 0 Å². The fourth-order valence-corrected chi connectivity index (χ4v) is 8.16. The van der Waals surface area contributed by atoms with Crippen molar-refractivity contribution in [3.05, 3.63) is 158 Å². The number of fused-ring (bicyclic) bond motifs is 9. The molecule has 0 atom stereocenters. The Hall–Kier alpha value is -6.04. The van der Waals surface area contributed by atoms with Crippen LogP contribution in [0.15, 0.2) is 168 Å². The number of hydrogen-bond acceptors (Lipinski definition) is 5. The molecule has 0 unspecified atom stereocenters. The highest BCUT2D eigenvalue weighted by atomic mass is 32.2. The molecule has 1 aliphatic heterocycles. The lowest BCUT2D eigenvalue weighted by Gasteiger charge is -2.31. The van der Waals surface area contributed by atoms with Crippen LogP contribution in [0.5, 0.6) is 0 Å². The van der Waals surface area contributed by atoms with Gasteiger partial charge in [0.2, 0.25) is 5.95 Å². The molecule has 0 saturated heterocycles. The van der Waals surface area contributed by atoms with Gasteiger partial charge in [-0.1, -0.05) is 139 Å². The Kier molecular flexibility index (Phi) is 6.08. The lowest BCUT2D eigenvalue weighted by Crippen LogP contribution is -2.18. The van der Waals surface area contributed by atoms with E-state index in [-0.39, 0.29) is 0 Å². The minimum Gasteiger partial charge on any atom is -0.277 e. The van der Waals surface area contributed by atoms with Crippen LogP contribution in [0, 0.1) is 0 Å². The third-order valence-corrected chi connectivity index (χ3v) is 10.4. The fourth-order valence-electron chi connectivity index (χ4n) is 7.10. The van der Waals surface area contributed by atoms with Crippen molar-refractivity contribution >= 4 is 72.2 Å². The molecule has 5 heteroatoms. The molecule has 0 amide bonds. The van der Waals surface area contributed by atoms with Crippen molar-refractivity contribution in [2.24, 2.45) is 0 Å². The van der Waals surface area contributed by atoms with E-state index in [1.54, 1.807) is 11.8 Å². The maximum Gasteiger partial charge on any atom is 0.238 e. The Labute approximate surface area is 281 Å². The predicted octanol–water partition coefficient (Wildman–Crippen LogP) is 11.8. The van der Waals surface area contributed by atoms with E-state index >= 15 is 0 Å². The molecule has 2 heterocycles. The van der Waals surface area contributed by atoms with Crippen LogP contribution in [0.1, 0.15) is 0 Å². The molecule has 0 saturated carbocycles. The number of hydrogen-bond donors (Lipinski definition) is 0. The van der Waals surface area contributed by atoms with E-state index in [0.717, 1.165) is 43.1 Å². The van der Waals surface area contributed by atoms with Gasteiger partial charge in [0, 0.05) is 20.9 Å². The van der Waals surface area contributed by atoms with Crippen molar-refractivity contribution in [2.75, 3.05) is 4.90 Å². The van der Waals surface area contributed by atoms with Crippen LogP contribution in [0.2, 0.25) is 0 Å². The van der Waals surface area contributed by atoms with Gasteiger partial charge in [-0.2, -0.15) is 9.97 Å².